The first-order chi connectivity index (χ1) is 24.2. The molecular weight excluding hydrogens is 645 g/mol. The molecule has 2 fully saturated rings. The van der Waals surface area contributed by atoms with Gasteiger partial charge in [-0.05, 0) is 91.7 Å². The average Bonchev–Trinajstić information content (AvgIpc) is 3.79. The van der Waals surface area contributed by atoms with Crippen molar-refractivity contribution in [3.05, 3.63) is 132 Å². The Morgan fingerprint density at radius 2 is 1.60 bits per heavy atom. The van der Waals surface area contributed by atoms with Crippen molar-refractivity contribution in [3.8, 4) is 5.75 Å². The van der Waals surface area contributed by atoms with Gasteiger partial charge >= 0.3 is 0 Å². The molecule has 3 heterocycles. The maximum absolute atomic E-state index is 15.0. The molecule has 2 aliphatic rings. The Morgan fingerprint density at radius 3 is 2.28 bits per heavy atom. The molecule has 0 radical (unpaired) electrons. The zero-order valence-corrected chi connectivity index (χ0v) is 27.6. The lowest BCUT2D eigenvalue weighted by Crippen LogP contribution is -2.46. The van der Waals surface area contributed by atoms with E-state index in [4.69, 9.17) is 9.47 Å². The topological polar surface area (TPSA) is 84.8 Å². The van der Waals surface area contributed by atoms with Crippen LogP contribution in [0.15, 0.2) is 97.6 Å². The highest BCUT2D eigenvalue weighted by atomic mass is 19.1. The van der Waals surface area contributed by atoms with Gasteiger partial charge in [-0.1, -0.05) is 6.07 Å². The van der Waals surface area contributed by atoms with E-state index in [0.29, 0.717) is 36.4 Å². The fourth-order valence-corrected chi connectivity index (χ4v) is 6.77. The summed E-state index contributed by atoms with van der Waals surface area (Å²) in [7, 11) is 0. The normalized spacial score (nSPS) is 19.1. The highest BCUT2D eigenvalue weighted by Gasteiger charge is 2.44. The summed E-state index contributed by atoms with van der Waals surface area (Å²) in [5.74, 6) is -1.14. The van der Waals surface area contributed by atoms with Crippen LogP contribution in [0.3, 0.4) is 0 Å². The minimum Gasteiger partial charge on any atom is -0.493 e. The highest BCUT2D eigenvalue weighted by Crippen LogP contribution is 2.42. The van der Waals surface area contributed by atoms with Crippen LogP contribution in [-0.2, 0) is 16.9 Å². The Balaban J connectivity index is 0.927. The third-order valence-corrected chi connectivity index (χ3v) is 9.39. The molecule has 0 aliphatic carbocycles. The minimum atomic E-state index is -1.03. The van der Waals surface area contributed by atoms with Crippen LogP contribution >= 0.6 is 0 Å². The summed E-state index contributed by atoms with van der Waals surface area (Å²) in [5, 5.41) is 6.98. The Kier molecular flexibility index (Phi) is 9.44. The second-order valence-corrected chi connectivity index (χ2v) is 12.8. The van der Waals surface area contributed by atoms with Crippen LogP contribution in [0.4, 0.5) is 30.2 Å². The number of aryl methyl sites for hydroxylation is 1. The number of aromatic nitrogens is 3. The smallest absolute Gasteiger partial charge is 0.255 e. The van der Waals surface area contributed by atoms with E-state index in [9.17, 15) is 18.0 Å². The van der Waals surface area contributed by atoms with Gasteiger partial charge in [0.05, 0.1) is 19.8 Å². The highest BCUT2D eigenvalue weighted by molar-refractivity contribution is 6.04. The Labute approximate surface area is 288 Å². The van der Waals surface area contributed by atoms with Crippen LogP contribution in [0.25, 0.3) is 0 Å². The summed E-state index contributed by atoms with van der Waals surface area (Å²) in [6.45, 7) is 6.33. The zero-order chi connectivity index (χ0) is 34.7. The predicted octanol–water partition coefficient (Wildman–Crippen LogP) is 6.59. The SMILES string of the molecule is Cc1cc(N2CCN(c3ccc(C(=O)Nc4ccc(F)cc4)cc3)CC2)ccc1OCC1COC(Cn2cncn2)(c2ccc(F)cc2F)C1. The van der Waals surface area contributed by atoms with E-state index in [0.717, 1.165) is 54.9 Å². The Morgan fingerprint density at radius 1 is 0.900 bits per heavy atom. The van der Waals surface area contributed by atoms with Gasteiger partial charge < -0.3 is 24.6 Å². The van der Waals surface area contributed by atoms with Crippen molar-refractivity contribution in [1.82, 2.24) is 14.8 Å². The maximum Gasteiger partial charge on any atom is 0.255 e. The quantitative estimate of drug-likeness (QED) is 0.178. The van der Waals surface area contributed by atoms with Crippen LogP contribution in [0, 0.1) is 30.3 Å². The number of halogens is 3. The van der Waals surface area contributed by atoms with Crippen molar-refractivity contribution in [2.45, 2.75) is 25.5 Å². The van der Waals surface area contributed by atoms with E-state index >= 15 is 0 Å². The minimum absolute atomic E-state index is 0.0200. The molecule has 50 heavy (non-hydrogen) atoms. The molecule has 2 saturated heterocycles. The summed E-state index contributed by atoms with van der Waals surface area (Å²) in [6.07, 6.45) is 3.45. The molecule has 1 N–H and O–H groups in total. The molecule has 9 nitrogen and oxygen atoms in total. The van der Waals surface area contributed by atoms with Gasteiger partial charge in [-0.2, -0.15) is 5.10 Å². The molecule has 2 atom stereocenters. The van der Waals surface area contributed by atoms with Gasteiger partial charge in [0.2, 0.25) is 0 Å². The molecule has 5 aromatic rings. The van der Waals surface area contributed by atoms with Crippen molar-refractivity contribution < 1.29 is 27.4 Å². The second kappa shape index (κ2) is 14.2. The molecule has 1 aromatic heterocycles. The van der Waals surface area contributed by atoms with E-state index in [1.807, 2.05) is 25.1 Å². The number of piperazine rings is 1. The number of amides is 1. The second-order valence-electron chi connectivity index (χ2n) is 12.8. The lowest BCUT2D eigenvalue weighted by Gasteiger charge is -2.37. The Bertz CT molecular complexity index is 1930. The molecule has 2 unspecified atom stereocenters. The number of nitrogens with one attached hydrogen (secondary N) is 1. The van der Waals surface area contributed by atoms with Gasteiger partial charge in [0, 0.05) is 66.4 Å². The summed E-state index contributed by atoms with van der Waals surface area (Å²) in [6, 6.07) is 23.0. The number of benzene rings is 4. The Hall–Kier alpha value is -5.36. The van der Waals surface area contributed by atoms with Gasteiger partial charge in [-0.15, -0.1) is 0 Å². The molecule has 258 valence electrons. The van der Waals surface area contributed by atoms with Crippen LogP contribution in [-0.4, -0.2) is 60.1 Å². The van der Waals surface area contributed by atoms with Gasteiger partial charge in [-0.25, -0.2) is 22.8 Å². The molecule has 0 bridgehead atoms. The van der Waals surface area contributed by atoms with Crippen molar-refractivity contribution >= 4 is 23.0 Å². The number of hydrogen-bond acceptors (Lipinski definition) is 7. The first-order valence-electron chi connectivity index (χ1n) is 16.6. The van der Waals surface area contributed by atoms with E-state index in [-0.39, 0.29) is 24.2 Å². The molecular formula is C38H37F3N6O3. The van der Waals surface area contributed by atoms with Crippen molar-refractivity contribution in [1.29, 1.82) is 0 Å². The molecule has 0 saturated carbocycles. The maximum atomic E-state index is 15.0. The van der Waals surface area contributed by atoms with Gasteiger partial charge in [0.1, 0.15) is 41.5 Å². The van der Waals surface area contributed by atoms with Crippen LogP contribution in [0.1, 0.15) is 27.9 Å². The molecule has 12 heteroatoms. The van der Waals surface area contributed by atoms with Gasteiger partial charge in [0.15, 0.2) is 0 Å². The number of carbonyl (C=O) groups excluding carboxylic acids is 1. The van der Waals surface area contributed by atoms with Crippen LogP contribution in [0.2, 0.25) is 0 Å². The fraction of sp³-hybridized carbons (Fsp3) is 0.289. The largest absolute Gasteiger partial charge is 0.493 e. The van der Waals surface area contributed by atoms with E-state index in [2.05, 4.69) is 37.3 Å². The predicted molar refractivity (Wildman–Crippen MR) is 184 cm³/mol. The standard InChI is InChI=1S/C38H37F3N6O3/c1-26-18-33(46-16-14-45(15-17-46)32-9-2-28(3-10-32)37(48)44-31-7-4-29(39)5-8-31)11-13-36(26)49-21-27-20-38(50-22-27,23-47-25-42-24-43-47)34-12-6-30(40)19-35(34)41/h2-13,18-19,24-25,27H,14-17,20-23H2,1H3,(H,44,48). The van der Waals surface area contributed by atoms with Crippen molar-refractivity contribution in [2.24, 2.45) is 5.92 Å². The van der Waals surface area contributed by atoms with Crippen LogP contribution < -0.4 is 19.9 Å². The van der Waals surface area contributed by atoms with Gasteiger partial charge in [0.25, 0.3) is 5.91 Å². The number of rotatable bonds is 10. The monoisotopic (exact) mass is 682 g/mol. The first-order valence-corrected chi connectivity index (χ1v) is 16.6. The fourth-order valence-electron chi connectivity index (χ4n) is 6.77. The lowest BCUT2D eigenvalue weighted by atomic mass is 9.87. The molecule has 0 spiro atoms. The first kappa shape index (κ1) is 33.2. The number of ether oxygens (including phenoxy) is 2. The zero-order valence-electron chi connectivity index (χ0n) is 27.6. The number of carbonyl (C=O) groups is 1. The number of anilines is 3. The summed E-state index contributed by atoms with van der Waals surface area (Å²) < 4.78 is 56.0. The van der Waals surface area contributed by atoms with Crippen molar-refractivity contribution in [3.63, 3.8) is 0 Å². The number of hydrogen-bond donors (Lipinski definition) is 1. The summed E-state index contributed by atoms with van der Waals surface area (Å²) in [4.78, 5) is 21.3. The van der Waals surface area contributed by atoms with E-state index in [1.54, 1.807) is 23.1 Å². The van der Waals surface area contributed by atoms with Gasteiger partial charge in [-0.3, -0.25) is 4.79 Å². The lowest BCUT2D eigenvalue weighted by molar-refractivity contribution is -0.0206. The molecule has 4 aromatic carbocycles. The van der Waals surface area contributed by atoms with E-state index in [1.165, 1.54) is 42.7 Å². The van der Waals surface area contributed by atoms with E-state index < -0.39 is 17.2 Å². The molecule has 7 rings (SSSR count). The van der Waals surface area contributed by atoms with Crippen molar-refractivity contribution in [2.75, 3.05) is 54.5 Å². The average molecular weight is 683 g/mol. The summed E-state index contributed by atoms with van der Waals surface area (Å²) in [5.41, 5.74) is 3.51. The number of nitrogens with zero attached hydrogens (tertiary/aromatic N) is 5. The third kappa shape index (κ3) is 7.30. The molecule has 2 aliphatic heterocycles. The molecule has 1 amide bonds. The third-order valence-electron chi connectivity index (χ3n) is 9.39. The van der Waals surface area contributed by atoms with Crippen LogP contribution in [0.5, 0.6) is 5.75 Å². The summed E-state index contributed by atoms with van der Waals surface area (Å²) >= 11 is 0.